The maximum absolute atomic E-state index is 12.7. The Morgan fingerprint density at radius 3 is 2.45 bits per heavy atom. The van der Waals surface area contributed by atoms with Crippen LogP contribution in [0.4, 0.5) is 5.69 Å². The number of rotatable bonds is 3. The van der Waals surface area contributed by atoms with Crippen molar-refractivity contribution in [1.82, 2.24) is 4.90 Å². The number of nitrogen functional groups attached to an aromatic ring is 1. The van der Waals surface area contributed by atoms with E-state index >= 15 is 0 Å². The van der Waals surface area contributed by atoms with Crippen LogP contribution in [-0.2, 0) is 0 Å². The molecule has 2 fully saturated rings. The van der Waals surface area contributed by atoms with Crippen molar-refractivity contribution in [3.05, 3.63) is 29.8 Å². The Balaban J connectivity index is 1.74. The number of hydrazine groups is 1. The van der Waals surface area contributed by atoms with E-state index in [1.165, 1.54) is 32.1 Å². The van der Waals surface area contributed by atoms with Crippen LogP contribution in [0.3, 0.4) is 0 Å². The zero-order valence-electron chi connectivity index (χ0n) is 11.8. The fourth-order valence-corrected chi connectivity index (χ4v) is 3.75. The minimum atomic E-state index is 0.183. The van der Waals surface area contributed by atoms with Crippen LogP contribution in [0.2, 0.25) is 0 Å². The zero-order chi connectivity index (χ0) is 13.9. The van der Waals surface area contributed by atoms with E-state index in [-0.39, 0.29) is 5.91 Å². The van der Waals surface area contributed by atoms with E-state index < -0.39 is 0 Å². The number of amides is 1. The highest BCUT2D eigenvalue weighted by Crippen LogP contribution is 2.36. The third kappa shape index (κ3) is 2.52. The molecule has 108 valence electrons. The summed E-state index contributed by atoms with van der Waals surface area (Å²) in [7, 11) is 0. The minimum Gasteiger partial charge on any atom is -0.335 e. The number of hydrogen-bond acceptors (Lipinski definition) is 3. The van der Waals surface area contributed by atoms with Crippen LogP contribution in [0.1, 0.15) is 48.9 Å². The molecule has 1 saturated heterocycles. The second kappa shape index (κ2) is 5.83. The number of benzene rings is 1. The lowest BCUT2D eigenvalue weighted by molar-refractivity contribution is 0.0689. The predicted octanol–water partition coefficient (Wildman–Crippen LogP) is 2.77. The average Bonchev–Trinajstić information content (AvgIpc) is 3.16. The van der Waals surface area contributed by atoms with Crippen molar-refractivity contribution >= 4 is 11.6 Å². The Morgan fingerprint density at radius 1 is 1.10 bits per heavy atom. The second-order valence-electron chi connectivity index (χ2n) is 5.97. The fraction of sp³-hybridized carbons (Fsp3) is 0.562. The topological polar surface area (TPSA) is 58.4 Å². The zero-order valence-corrected chi connectivity index (χ0v) is 11.8. The lowest BCUT2D eigenvalue weighted by Crippen LogP contribution is -2.39. The smallest absolute Gasteiger partial charge is 0.254 e. The van der Waals surface area contributed by atoms with Gasteiger partial charge in [0, 0.05) is 23.8 Å². The quantitative estimate of drug-likeness (QED) is 0.657. The van der Waals surface area contributed by atoms with Crippen LogP contribution < -0.4 is 11.3 Å². The van der Waals surface area contributed by atoms with Crippen LogP contribution in [0, 0.1) is 5.92 Å². The molecule has 20 heavy (non-hydrogen) atoms. The molecule has 1 aromatic rings. The van der Waals surface area contributed by atoms with Crippen molar-refractivity contribution in [1.29, 1.82) is 0 Å². The molecule has 0 aromatic heterocycles. The second-order valence-corrected chi connectivity index (χ2v) is 5.97. The maximum Gasteiger partial charge on any atom is 0.254 e. The summed E-state index contributed by atoms with van der Waals surface area (Å²) < 4.78 is 0. The van der Waals surface area contributed by atoms with E-state index in [0.29, 0.717) is 6.04 Å². The van der Waals surface area contributed by atoms with E-state index in [4.69, 9.17) is 5.84 Å². The first-order valence-corrected chi connectivity index (χ1v) is 7.67. The normalized spacial score (nSPS) is 23.2. The molecule has 1 aromatic carbocycles. The van der Waals surface area contributed by atoms with Gasteiger partial charge in [0.25, 0.3) is 5.91 Å². The number of anilines is 1. The van der Waals surface area contributed by atoms with Gasteiger partial charge in [-0.3, -0.25) is 10.6 Å². The molecule has 3 N–H and O–H groups in total. The molecule has 1 heterocycles. The van der Waals surface area contributed by atoms with E-state index in [0.717, 1.165) is 30.1 Å². The Kier molecular flexibility index (Phi) is 3.92. The molecule has 4 heteroatoms. The number of likely N-dealkylation sites (tertiary alicyclic amines) is 1. The van der Waals surface area contributed by atoms with Gasteiger partial charge in [0.05, 0.1) is 0 Å². The maximum atomic E-state index is 12.7. The van der Waals surface area contributed by atoms with Crippen molar-refractivity contribution in [2.24, 2.45) is 11.8 Å². The first-order valence-electron chi connectivity index (χ1n) is 7.67. The molecule has 1 atom stereocenters. The first kappa shape index (κ1) is 13.4. The molecule has 1 aliphatic carbocycles. The average molecular weight is 273 g/mol. The number of nitrogens with two attached hydrogens (primary N) is 1. The lowest BCUT2D eigenvalue weighted by atomic mass is 9.95. The summed E-state index contributed by atoms with van der Waals surface area (Å²) >= 11 is 0. The number of carbonyl (C=O) groups excluding carboxylic acids is 1. The predicted molar refractivity (Wildman–Crippen MR) is 80.3 cm³/mol. The largest absolute Gasteiger partial charge is 0.335 e. The van der Waals surface area contributed by atoms with Crippen LogP contribution in [0.15, 0.2) is 24.3 Å². The monoisotopic (exact) mass is 273 g/mol. The molecule has 1 aliphatic heterocycles. The number of nitrogens with one attached hydrogen (secondary N) is 1. The van der Waals surface area contributed by atoms with Crippen molar-refractivity contribution in [3.63, 3.8) is 0 Å². The number of carbonyl (C=O) groups is 1. The van der Waals surface area contributed by atoms with E-state index in [1.54, 1.807) is 0 Å². The Hall–Kier alpha value is -1.55. The summed E-state index contributed by atoms with van der Waals surface area (Å²) in [5.74, 6) is 6.27. The SMILES string of the molecule is NNc1ccc(C(=O)N2CCCC2C2CCCC2)cc1. The third-order valence-electron chi connectivity index (χ3n) is 4.80. The Morgan fingerprint density at radius 2 is 1.80 bits per heavy atom. The van der Waals surface area contributed by atoms with Gasteiger partial charge < -0.3 is 10.3 Å². The Labute approximate surface area is 120 Å². The molecule has 2 aliphatic rings. The van der Waals surface area contributed by atoms with Crippen molar-refractivity contribution in [2.75, 3.05) is 12.0 Å². The highest BCUT2D eigenvalue weighted by Gasteiger charge is 2.36. The first-order chi connectivity index (χ1) is 9.79. The number of nitrogens with zero attached hydrogens (tertiary/aromatic N) is 1. The summed E-state index contributed by atoms with van der Waals surface area (Å²) in [5, 5.41) is 0. The van der Waals surface area contributed by atoms with Gasteiger partial charge in [0.15, 0.2) is 0 Å². The molecule has 4 nitrogen and oxygen atoms in total. The van der Waals surface area contributed by atoms with Gasteiger partial charge in [0.1, 0.15) is 0 Å². The molecule has 1 saturated carbocycles. The fourth-order valence-electron chi connectivity index (χ4n) is 3.75. The lowest BCUT2D eigenvalue weighted by Gasteiger charge is -2.29. The molecule has 1 unspecified atom stereocenters. The van der Waals surface area contributed by atoms with Crippen molar-refractivity contribution < 1.29 is 4.79 Å². The van der Waals surface area contributed by atoms with Gasteiger partial charge in [0.2, 0.25) is 0 Å². The molecule has 3 rings (SSSR count). The van der Waals surface area contributed by atoms with Crippen molar-refractivity contribution in [2.45, 2.75) is 44.6 Å². The van der Waals surface area contributed by atoms with Gasteiger partial charge in [-0.25, -0.2) is 0 Å². The van der Waals surface area contributed by atoms with Gasteiger partial charge >= 0.3 is 0 Å². The van der Waals surface area contributed by atoms with Gasteiger partial charge in [-0.2, -0.15) is 0 Å². The highest BCUT2D eigenvalue weighted by atomic mass is 16.2. The van der Waals surface area contributed by atoms with E-state index in [1.807, 2.05) is 24.3 Å². The summed E-state index contributed by atoms with van der Waals surface area (Å²) in [6, 6.07) is 7.91. The van der Waals surface area contributed by atoms with Crippen LogP contribution in [0.5, 0.6) is 0 Å². The van der Waals surface area contributed by atoms with E-state index in [2.05, 4.69) is 10.3 Å². The molecule has 0 radical (unpaired) electrons. The summed E-state index contributed by atoms with van der Waals surface area (Å²) in [4.78, 5) is 14.8. The minimum absolute atomic E-state index is 0.183. The molecular weight excluding hydrogens is 250 g/mol. The standard InChI is InChI=1S/C16H23N3O/c17-18-14-9-7-13(8-10-14)16(20)19-11-3-6-15(19)12-4-1-2-5-12/h7-10,12,15,18H,1-6,11,17H2. The van der Waals surface area contributed by atoms with Crippen LogP contribution >= 0.6 is 0 Å². The highest BCUT2D eigenvalue weighted by molar-refractivity contribution is 5.95. The Bertz CT molecular complexity index is 465. The summed E-state index contributed by atoms with van der Waals surface area (Å²) in [5.41, 5.74) is 4.19. The van der Waals surface area contributed by atoms with E-state index in [9.17, 15) is 4.79 Å². The van der Waals surface area contributed by atoms with Gasteiger partial charge in [-0.1, -0.05) is 12.8 Å². The summed E-state index contributed by atoms with van der Waals surface area (Å²) in [6.45, 7) is 0.914. The molecular formula is C16H23N3O. The molecule has 0 bridgehead atoms. The third-order valence-corrected chi connectivity index (χ3v) is 4.80. The van der Waals surface area contributed by atoms with Crippen LogP contribution in [-0.4, -0.2) is 23.4 Å². The van der Waals surface area contributed by atoms with Crippen LogP contribution in [0.25, 0.3) is 0 Å². The van der Waals surface area contributed by atoms with Gasteiger partial charge in [-0.05, 0) is 55.9 Å². The van der Waals surface area contributed by atoms with Crippen molar-refractivity contribution in [3.8, 4) is 0 Å². The summed E-state index contributed by atoms with van der Waals surface area (Å²) in [6.07, 6.45) is 7.59. The van der Waals surface area contributed by atoms with Gasteiger partial charge in [-0.15, -0.1) is 0 Å². The number of hydrogen-bond donors (Lipinski definition) is 2. The molecule has 1 amide bonds. The molecule has 0 spiro atoms.